The summed E-state index contributed by atoms with van der Waals surface area (Å²) in [4.78, 5) is 38.4. The lowest BCUT2D eigenvalue weighted by Crippen LogP contribution is -2.54. The van der Waals surface area contributed by atoms with Crippen molar-refractivity contribution in [3.8, 4) is 0 Å². The van der Waals surface area contributed by atoms with E-state index in [1.807, 2.05) is 44.2 Å². The third-order valence-electron chi connectivity index (χ3n) is 4.74. The minimum Gasteiger partial charge on any atom is -0.480 e. The number of carbonyl (C=O) groups is 3. The number of carboxylic acid groups (broad SMARTS) is 2. The normalized spacial score (nSPS) is 12.9. The van der Waals surface area contributed by atoms with Crippen molar-refractivity contribution in [1.82, 2.24) is 4.90 Å². The van der Waals surface area contributed by atoms with Crippen molar-refractivity contribution in [2.75, 3.05) is 0 Å². The summed E-state index contributed by atoms with van der Waals surface area (Å²) >= 11 is 0. The first-order valence-electron chi connectivity index (χ1n) is 9.68. The number of rotatable bonds is 10. The Kier molecular flexibility index (Phi) is 7.95. The van der Waals surface area contributed by atoms with Crippen LogP contribution < -0.4 is 0 Å². The van der Waals surface area contributed by atoms with Crippen molar-refractivity contribution in [3.05, 3.63) is 71.8 Å². The summed E-state index contributed by atoms with van der Waals surface area (Å²) in [5.74, 6) is -3.01. The smallest absolute Gasteiger partial charge is 0.326 e. The van der Waals surface area contributed by atoms with E-state index in [1.54, 1.807) is 30.3 Å². The summed E-state index contributed by atoms with van der Waals surface area (Å²) in [6.07, 6.45) is 0.715. The van der Waals surface area contributed by atoms with Crippen molar-refractivity contribution in [1.29, 1.82) is 0 Å². The van der Waals surface area contributed by atoms with Crippen LogP contribution in [0.3, 0.4) is 0 Å². The molecule has 0 saturated heterocycles. The van der Waals surface area contributed by atoms with Crippen LogP contribution in [0.4, 0.5) is 0 Å². The summed E-state index contributed by atoms with van der Waals surface area (Å²) in [5.41, 5.74) is 1.20. The number of aliphatic carboxylic acids is 2. The van der Waals surface area contributed by atoms with Gasteiger partial charge in [0.15, 0.2) is 0 Å². The van der Waals surface area contributed by atoms with Crippen molar-refractivity contribution < 1.29 is 24.6 Å². The Balaban J connectivity index is 2.41. The second-order valence-corrected chi connectivity index (χ2v) is 7.44. The molecule has 6 heteroatoms. The summed E-state index contributed by atoms with van der Waals surface area (Å²) in [5, 5.41) is 19.7. The first kappa shape index (κ1) is 22.1. The van der Waals surface area contributed by atoms with Gasteiger partial charge in [-0.3, -0.25) is 4.79 Å². The molecule has 154 valence electrons. The van der Waals surface area contributed by atoms with E-state index >= 15 is 0 Å². The van der Waals surface area contributed by atoms with Gasteiger partial charge in [0.2, 0.25) is 0 Å². The lowest BCUT2D eigenvalue weighted by atomic mass is 9.96. The molecule has 0 spiro atoms. The largest absolute Gasteiger partial charge is 0.480 e. The fourth-order valence-corrected chi connectivity index (χ4v) is 3.34. The highest BCUT2D eigenvalue weighted by Gasteiger charge is 2.39. The van der Waals surface area contributed by atoms with E-state index in [2.05, 4.69) is 0 Å². The Morgan fingerprint density at radius 2 is 1.34 bits per heavy atom. The fourth-order valence-electron chi connectivity index (χ4n) is 3.34. The molecule has 1 amide bonds. The topological polar surface area (TPSA) is 94.9 Å². The van der Waals surface area contributed by atoms with Gasteiger partial charge in [-0.25, -0.2) is 9.59 Å². The second kappa shape index (κ2) is 10.4. The van der Waals surface area contributed by atoms with Gasteiger partial charge in [-0.2, -0.15) is 0 Å². The zero-order valence-corrected chi connectivity index (χ0v) is 16.7. The van der Waals surface area contributed by atoms with Crippen molar-refractivity contribution in [2.24, 2.45) is 5.92 Å². The molecule has 6 nitrogen and oxygen atoms in total. The van der Waals surface area contributed by atoms with E-state index < -0.39 is 29.9 Å². The molecule has 2 N–H and O–H groups in total. The standard InChI is InChI=1S/C23H27NO5/c1-16(2)15-20(23(28)29)24(21(25)18-11-7-4-8-12-18)19(22(26)27)14-13-17-9-5-3-6-10-17/h3-12,16,19-20H,13-15H2,1-2H3,(H,26,27)(H,28,29). The number of hydrogen-bond acceptors (Lipinski definition) is 3. The van der Waals surface area contributed by atoms with Gasteiger partial charge in [0.1, 0.15) is 12.1 Å². The van der Waals surface area contributed by atoms with Gasteiger partial charge < -0.3 is 15.1 Å². The minimum absolute atomic E-state index is 0.0225. The monoisotopic (exact) mass is 397 g/mol. The lowest BCUT2D eigenvalue weighted by Gasteiger charge is -2.35. The van der Waals surface area contributed by atoms with Gasteiger partial charge in [0.05, 0.1) is 0 Å². The third kappa shape index (κ3) is 6.17. The maximum absolute atomic E-state index is 13.2. The number of carboxylic acids is 2. The Bertz CT molecular complexity index is 820. The first-order chi connectivity index (χ1) is 13.8. The van der Waals surface area contributed by atoms with Gasteiger partial charge in [-0.1, -0.05) is 62.4 Å². The summed E-state index contributed by atoms with van der Waals surface area (Å²) < 4.78 is 0. The van der Waals surface area contributed by atoms with E-state index in [0.717, 1.165) is 10.5 Å². The second-order valence-electron chi connectivity index (χ2n) is 7.44. The summed E-state index contributed by atoms with van der Waals surface area (Å²) in [7, 11) is 0. The quantitative estimate of drug-likeness (QED) is 0.637. The number of benzene rings is 2. The average molecular weight is 397 g/mol. The van der Waals surface area contributed by atoms with Crippen LogP contribution in [-0.2, 0) is 16.0 Å². The van der Waals surface area contributed by atoms with Gasteiger partial charge in [0, 0.05) is 5.56 Å². The fraction of sp³-hybridized carbons (Fsp3) is 0.348. The molecule has 0 radical (unpaired) electrons. The highest BCUT2D eigenvalue weighted by atomic mass is 16.4. The van der Waals surface area contributed by atoms with Crippen LogP contribution in [0.2, 0.25) is 0 Å². The van der Waals surface area contributed by atoms with Crippen molar-refractivity contribution >= 4 is 17.8 Å². The molecule has 2 rings (SSSR count). The summed E-state index contributed by atoms with van der Waals surface area (Å²) in [6.45, 7) is 3.70. The molecule has 2 atom stereocenters. The summed E-state index contributed by atoms with van der Waals surface area (Å²) in [6, 6.07) is 15.1. The molecule has 0 fully saturated rings. The molecule has 29 heavy (non-hydrogen) atoms. The molecule has 0 aromatic heterocycles. The Morgan fingerprint density at radius 3 is 1.83 bits per heavy atom. The van der Waals surface area contributed by atoms with Crippen LogP contribution in [0, 0.1) is 5.92 Å². The predicted molar refractivity (Wildman–Crippen MR) is 110 cm³/mol. The SMILES string of the molecule is CC(C)CC(C(=O)O)N(C(=O)c1ccccc1)C(CCc1ccccc1)C(=O)O. The van der Waals surface area contributed by atoms with Gasteiger partial charge in [-0.15, -0.1) is 0 Å². The van der Waals surface area contributed by atoms with Crippen molar-refractivity contribution in [2.45, 2.75) is 45.2 Å². The van der Waals surface area contributed by atoms with E-state index in [4.69, 9.17) is 0 Å². The maximum Gasteiger partial charge on any atom is 0.326 e. The molecular weight excluding hydrogens is 370 g/mol. The number of carbonyl (C=O) groups excluding carboxylic acids is 1. The van der Waals surface area contributed by atoms with Crippen LogP contribution in [0.1, 0.15) is 42.6 Å². The van der Waals surface area contributed by atoms with E-state index in [0.29, 0.717) is 6.42 Å². The van der Waals surface area contributed by atoms with Crippen LogP contribution in [0.15, 0.2) is 60.7 Å². The molecule has 0 aliphatic heterocycles. The number of aryl methyl sites for hydroxylation is 1. The lowest BCUT2D eigenvalue weighted by molar-refractivity contribution is -0.149. The van der Waals surface area contributed by atoms with Crippen LogP contribution in [0.5, 0.6) is 0 Å². The van der Waals surface area contributed by atoms with Gasteiger partial charge in [0.25, 0.3) is 5.91 Å². The van der Waals surface area contributed by atoms with Crippen LogP contribution in [0.25, 0.3) is 0 Å². The zero-order chi connectivity index (χ0) is 21.4. The molecule has 0 saturated carbocycles. The molecular formula is C23H27NO5. The molecule has 0 aliphatic carbocycles. The number of nitrogens with zero attached hydrogens (tertiary/aromatic N) is 1. The maximum atomic E-state index is 13.2. The van der Waals surface area contributed by atoms with E-state index in [1.165, 1.54) is 0 Å². The predicted octanol–water partition coefficient (Wildman–Crippen LogP) is 3.71. The number of hydrogen-bond donors (Lipinski definition) is 2. The molecule has 0 aliphatic rings. The molecule has 0 bridgehead atoms. The minimum atomic E-state index is -1.25. The van der Waals surface area contributed by atoms with Gasteiger partial charge >= 0.3 is 11.9 Å². The van der Waals surface area contributed by atoms with E-state index in [-0.39, 0.29) is 24.3 Å². The Labute approximate surface area is 170 Å². The Morgan fingerprint density at radius 1 is 0.828 bits per heavy atom. The highest BCUT2D eigenvalue weighted by molar-refractivity contribution is 5.99. The zero-order valence-electron chi connectivity index (χ0n) is 16.7. The average Bonchev–Trinajstić information content (AvgIpc) is 2.70. The molecule has 0 heterocycles. The molecule has 2 aromatic rings. The number of amides is 1. The van der Waals surface area contributed by atoms with E-state index in [9.17, 15) is 24.6 Å². The molecule has 2 aromatic carbocycles. The highest BCUT2D eigenvalue weighted by Crippen LogP contribution is 2.22. The van der Waals surface area contributed by atoms with Crippen molar-refractivity contribution in [3.63, 3.8) is 0 Å². The third-order valence-corrected chi connectivity index (χ3v) is 4.74. The molecule has 2 unspecified atom stereocenters. The first-order valence-corrected chi connectivity index (χ1v) is 9.68. The Hall–Kier alpha value is -3.15. The van der Waals surface area contributed by atoms with Crippen LogP contribution in [-0.4, -0.2) is 45.0 Å². The van der Waals surface area contributed by atoms with Crippen LogP contribution >= 0.6 is 0 Å². The van der Waals surface area contributed by atoms with Gasteiger partial charge in [-0.05, 0) is 42.9 Å².